The molecule has 0 saturated carbocycles. The molecule has 7 heteroatoms. The van der Waals surface area contributed by atoms with E-state index >= 15 is 0 Å². The molecule has 2 N–H and O–H groups in total. The summed E-state index contributed by atoms with van der Waals surface area (Å²) in [4.78, 5) is 26.6. The maximum absolute atomic E-state index is 13.1. The Bertz CT molecular complexity index is 1000. The van der Waals surface area contributed by atoms with Crippen LogP contribution in [-0.4, -0.2) is 31.4 Å². The molecule has 6 nitrogen and oxygen atoms in total. The van der Waals surface area contributed by atoms with Crippen molar-refractivity contribution in [2.75, 3.05) is 29.9 Å². The van der Waals surface area contributed by atoms with Crippen LogP contribution < -0.4 is 15.5 Å². The number of hydrogen-bond donors (Lipinski definition) is 2. The summed E-state index contributed by atoms with van der Waals surface area (Å²) in [5.41, 5.74) is 2.11. The molecule has 1 aliphatic heterocycles. The topological polar surface area (TPSA) is 74.6 Å². The van der Waals surface area contributed by atoms with E-state index in [1.165, 1.54) is 18.4 Å². The molecular formula is C23H22FN3O3. The Hall–Kier alpha value is -3.61. The van der Waals surface area contributed by atoms with Gasteiger partial charge in [0.25, 0.3) is 11.8 Å². The summed E-state index contributed by atoms with van der Waals surface area (Å²) in [6, 6.07) is 16.4. The van der Waals surface area contributed by atoms with Crippen LogP contribution in [0.5, 0.6) is 0 Å². The van der Waals surface area contributed by atoms with Gasteiger partial charge in [0.15, 0.2) is 5.76 Å². The van der Waals surface area contributed by atoms with Crippen molar-refractivity contribution >= 4 is 23.2 Å². The minimum atomic E-state index is -0.343. The van der Waals surface area contributed by atoms with E-state index in [2.05, 4.69) is 15.5 Å². The van der Waals surface area contributed by atoms with Crippen LogP contribution in [0.2, 0.25) is 0 Å². The third-order valence-electron chi connectivity index (χ3n) is 5.18. The lowest BCUT2D eigenvalue weighted by Gasteiger charge is -2.18. The van der Waals surface area contributed by atoms with Gasteiger partial charge in [0.05, 0.1) is 6.26 Å². The fraction of sp³-hybridized carbons (Fsp3) is 0.217. The highest BCUT2D eigenvalue weighted by molar-refractivity contribution is 6.02. The van der Waals surface area contributed by atoms with Gasteiger partial charge in [0, 0.05) is 36.6 Å². The first-order chi connectivity index (χ1) is 14.6. The van der Waals surface area contributed by atoms with Crippen molar-refractivity contribution in [2.45, 2.75) is 6.42 Å². The molecule has 3 aromatic rings. The van der Waals surface area contributed by atoms with Gasteiger partial charge < -0.3 is 20.0 Å². The molecule has 0 unspecified atom stereocenters. The summed E-state index contributed by atoms with van der Waals surface area (Å²) in [6.45, 7) is 2.29. The van der Waals surface area contributed by atoms with E-state index in [0.29, 0.717) is 23.7 Å². The Morgan fingerprint density at radius 1 is 1.03 bits per heavy atom. The van der Waals surface area contributed by atoms with E-state index in [4.69, 9.17) is 4.42 Å². The Morgan fingerprint density at radius 2 is 1.80 bits per heavy atom. The fourth-order valence-corrected chi connectivity index (χ4v) is 3.53. The van der Waals surface area contributed by atoms with E-state index in [-0.39, 0.29) is 23.4 Å². The zero-order valence-electron chi connectivity index (χ0n) is 16.3. The van der Waals surface area contributed by atoms with Crippen molar-refractivity contribution in [3.05, 3.63) is 84.1 Å². The summed E-state index contributed by atoms with van der Waals surface area (Å²) < 4.78 is 18.1. The summed E-state index contributed by atoms with van der Waals surface area (Å²) in [7, 11) is 0. The lowest BCUT2D eigenvalue weighted by atomic mass is 10.1. The van der Waals surface area contributed by atoms with Gasteiger partial charge >= 0.3 is 0 Å². The predicted molar refractivity (Wildman–Crippen MR) is 112 cm³/mol. The second-order valence-electron chi connectivity index (χ2n) is 7.30. The molecule has 30 heavy (non-hydrogen) atoms. The van der Waals surface area contributed by atoms with Crippen LogP contribution in [0.1, 0.15) is 27.3 Å². The van der Waals surface area contributed by atoms with E-state index < -0.39 is 0 Å². The number of anilines is 2. The maximum atomic E-state index is 13.1. The largest absolute Gasteiger partial charge is 0.459 e. The highest BCUT2D eigenvalue weighted by atomic mass is 19.1. The molecule has 1 aromatic heterocycles. The minimum Gasteiger partial charge on any atom is -0.459 e. The van der Waals surface area contributed by atoms with Gasteiger partial charge in [0.2, 0.25) is 0 Å². The molecule has 2 amide bonds. The zero-order chi connectivity index (χ0) is 20.9. The number of amides is 2. The molecule has 0 spiro atoms. The second-order valence-corrected chi connectivity index (χ2v) is 7.30. The average molecular weight is 407 g/mol. The van der Waals surface area contributed by atoms with Crippen LogP contribution in [-0.2, 0) is 0 Å². The number of carbonyl (C=O) groups is 2. The van der Waals surface area contributed by atoms with Gasteiger partial charge in [-0.15, -0.1) is 0 Å². The fourth-order valence-electron chi connectivity index (χ4n) is 3.53. The highest BCUT2D eigenvalue weighted by Gasteiger charge is 2.23. The van der Waals surface area contributed by atoms with E-state index in [9.17, 15) is 14.0 Å². The van der Waals surface area contributed by atoms with Gasteiger partial charge in [-0.3, -0.25) is 9.59 Å². The van der Waals surface area contributed by atoms with Crippen molar-refractivity contribution < 1.29 is 18.4 Å². The summed E-state index contributed by atoms with van der Waals surface area (Å²) in [5, 5.41) is 5.69. The average Bonchev–Trinajstić information content (AvgIpc) is 3.45. The minimum absolute atomic E-state index is 0.154. The Balaban J connectivity index is 1.26. The van der Waals surface area contributed by atoms with Crippen molar-refractivity contribution in [1.29, 1.82) is 0 Å². The second kappa shape index (κ2) is 8.82. The molecule has 1 saturated heterocycles. The van der Waals surface area contributed by atoms with Gasteiger partial charge in [-0.1, -0.05) is 0 Å². The number of rotatable bonds is 6. The number of hydrogen-bond acceptors (Lipinski definition) is 4. The molecule has 1 fully saturated rings. The Kier molecular flexibility index (Phi) is 5.79. The maximum Gasteiger partial charge on any atom is 0.291 e. The lowest BCUT2D eigenvalue weighted by Crippen LogP contribution is -2.31. The van der Waals surface area contributed by atoms with Crippen molar-refractivity contribution in [1.82, 2.24) is 5.32 Å². The number of nitrogens with zero attached hydrogens (tertiary/aromatic N) is 1. The molecule has 1 atom stereocenters. The number of carbonyl (C=O) groups excluding carboxylic acids is 2. The van der Waals surface area contributed by atoms with Gasteiger partial charge in [0.1, 0.15) is 5.82 Å². The van der Waals surface area contributed by atoms with Crippen LogP contribution in [0.25, 0.3) is 0 Å². The summed E-state index contributed by atoms with van der Waals surface area (Å²) >= 11 is 0. The molecular weight excluding hydrogens is 385 g/mol. The van der Waals surface area contributed by atoms with E-state index in [1.54, 1.807) is 48.5 Å². The lowest BCUT2D eigenvalue weighted by molar-refractivity contribution is 0.0947. The Labute approximate surface area is 173 Å². The SMILES string of the molecule is O=C(NC[C@H]1CCN(c2ccc(F)cc2)C1)c1ccc(NC(=O)c2ccco2)cc1. The van der Waals surface area contributed by atoms with Gasteiger partial charge in [-0.25, -0.2) is 4.39 Å². The zero-order valence-corrected chi connectivity index (χ0v) is 16.3. The van der Waals surface area contributed by atoms with E-state index in [1.807, 2.05) is 0 Å². The van der Waals surface area contributed by atoms with Crippen LogP contribution in [0.3, 0.4) is 0 Å². The first-order valence-electron chi connectivity index (χ1n) is 9.82. The third-order valence-corrected chi connectivity index (χ3v) is 5.18. The predicted octanol–water partition coefficient (Wildman–Crippen LogP) is 3.93. The van der Waals surface area contributed by atoms with E-state index in [0.717, 1.165) is 25.2 Å². The van der Waals surface area contributed by atoms with Crippen LogP contribution in [0, 0.1) is 11.7 Å². The molecule has 1 aliphatic rings. The molecule has 2 heterocycles. The van der Waals surface area contributed by atoms with Crippen molar-refractivity contribution in [3.8, 4) is 0 Å². The summed E-state index contributed by atoms with van der Waals surface area (Å²) in [6.07, 6.45) is 2.40. The molecule has 0 radical (unpaired) electrons. The first kappa shape index (κ1) is 19.7. The van der Waals surface area contributed by atoms with Gasteiger partial charge in [-0.05, 0) is 73.0 Å². The molecule has 0 aliphatic carbocycles. The molecule has 2 aromatic carbocycles. The standard InChI is InChI=1S/C23H22FN3O3/c24-18-5-9-20(10-6-18)27-12-11-16(15-27)14-25-22(28)17-3-7-19(8-4-17)26-23(29)21-2-1-13-30-21/h1-10,13,16H,11-12,14-15H2,(H,25,28)(H,26,29)/t16-/m1/s1. The molecule has 0 bridgehead atoms. The smallest absolute Gasteiger partial charge is 0.291 e. The molecule has 4 rings (SSSR count). The van der Waals surface area contributed by atoms with Crippen LogP contribution in [0.15, 0.2) is 71.3 Å². The van der Waals surface area contributed by atoms with Crippen LogP contribution >= 0.6 is 0 Å². The van der Waals surface area contributed by atoms with Crippen molar-refractivity contribution in [3.63, 3.8) is 0 Å². The Morgan fingerprint density at radius 3 is 2.50 bits per heavy atom. The number of benzene rings is 2. The number of furan rings is 1. The third kappa shape index (κ3) is 4.68. The summed E-state index contributed by atoms with van der Waals surface area (Å²) in [5.74, 6) is -0.175. The number of halogens is 1. The van der Waals surface area contributed by atoms with Gasteiger partial charge in [-0.2, -0.15) is 0 Å². The number of nitrogens with one attached hydrogen (secondary N) is 2. The monoisotopic (exact) mass is 407 g/mol. The molecule has 154 valence electrons. The van der Waals surface area contributed by atoms with Crippen LogP contribution in [0.4, 0.5) is 15.8 Å². The highest BCUT2D eigenvalue weighted by Crippen LogP contribution is 2.23. The quantitative estimate of drug-likeness (QED) is 0.649. The first-order valence-corrected chi connectivity index (χ1v) is 9.82. The normalized spacial score (nSPS) is 15.8. The van der Waals surface area contributed by atoms with Crippen molar-refractivity contribution in [2.24, 2.45) is 5.92 Å².